The van der Waals surface area contributed by atoms with E-state index in [0.29, 0.717) is 0 Å². The van der Waals surface area contributed by atoms with Crippen LogP contribution in [0.15, 0.2) is 109 Å². The summed E-state index contributed by atoms with van der Waals surface area (Å²) in [6, 6.07) is 34.7. The highest BCUT2D eigenvalue weighted by atomic mass is 31.1. The molecule has 54 heavy (non-hydrogen) atoms. The van der Waals surface area contributed by atoms with E-state index in [1.807, 2.05) is 72.8 Å². The normalized spacial score (nSPS) is 13.7. The second kappa shape index (κ2) is 16.8. The molecule has 1 N–H and O–H groups in total. The Morgan fingerprint density at radius 1 is 0.907 bits per heavy atom. The van der Waals surface area contributed by atoms with Gasteiger partial charge < -0.3 is 14.1 Å². The maximum absolute atomic E-state index is 14.1. The molecule has 1 aliphatic carbocycles. The van der Waals surface area contributed by atoms with E-state index in [1.165, 1.54) is 17.7 Å². The van der Waals surface area contributed by atoms with Gasteiger partial charge in [-0.05, 0) is 63.0 Å². The largest absolute Gasteiger partial charge is 0.481 e. The zero-order valence-electron chi connectivity index (χ0n) is 31.5. The van der Waals surface area contributed by atoms with E-state index in [9.17, 15) is 18.9 Å². The highest BCUT2D eigenvalue weighted by molar-refractivity contribution is 7.39. The Morgan fingerprint density at radius 2 is 1.52 bits per heavy atom. The molecule has 0 aliphatic heterocycles. The molecule has 1 aliphatic rings. The lowest BCUT2D eigenvalue weighted by Gasteiger charge is -2.45. The summed E-state index contributed by atoms with van der Waals surface area (Å²) in [5.41, 5.74) is 7.70. The average Bonchev–Trinajstić information content (AvgIpc) is 3.15. The minimum atomic E-state index is -3.12. The van der Waals surface area contributed by atoms with Crippen LogP contribution < -0.4 is 10.4 Å². The minimum absolute atomic E-state index is 0.0309. The van der Waals surface area contributed by atoms with Gasteiger partial charge >= 0.3 is 5.97 Å². The number of aryl methyl sites for hydroxylation is 1. The molecule has 0 amide bonds. The number of carboxylic acids is 1. The smallest absolute Gasteiger partial charge is 0.305 e. The molecular weight excluding hydrogens is 713 g/mol. The van der Waals surface area contributed by atoms with Crippen LogP contribution in [0.25, 0.3) is 22.4 Å². The van der Waals surface area contributed by atoms with Crippen molar-refractivity contribution in [2.45, 2.75) is 70.9 Å². The van der Waals surface area contributed by atoms with Crippen LogP contribution in [0.1, 0.15) is 69.3 Å². The maximum Gasteiger partial charge on any atom is 0.305 e. The zero-order valence-corrected chi connectivity index (χ0v) is 33.5. The summed E-state index contributed by atoms with van der Waals surface area (Å²) >= 11 is 0. The van der Waals surface area contributed by atoms with Crippen LogP contribution in [0.3, 0.4) is 0 Å². The molecule has 0 saturated heterocycles. The molecule has 278 valence electrons. The van der Waals surface area contributed by atoms with E-state index >= 15 is 0 Å². The predicted octanol–water partition coefficient (Wildman–Crippen LogP) is 9.04. The maximum atomic E-state index is 14.1. The van der Waals surface area contributed by atoms with Crippen LogP contribution in [-0.4, -0.2) is 43.2 Å². The van der Waals surface area contributed by atoms with Gasteiger partial charge in [0, 0.05) is 17.3 Å². The summed E-state index contributed by atoms with van der Waals surface area (Å²) in [6.45, 7) is 10.4. The predicted molar refractivity (Wildman–Crippen MR) is 218 cm³/mol. The number of hydrogen-bond acceptors (Lipinski definition) is 5. The summed E-state index contributed by atoms with van der Waals surface area (Å²) in [7, 11) is -5.90. The van der Waals surface area contributed by atoms with Crippen LogP contribution in [0.4, 0.5) is 4.39 Å². The molecule has 0 spiro atoms. The minimum Gasteiger partial charge on any atom is -0.481 e. The van der Waals surface area contributed by atoms with E-state index < -0.39 is 33.5 Å². The van der Waals surface area contributed by atoms with Gasteiger partial charge in [-0.25, -0.2) is 4.39 Å². The lowest BCUT2D eigenvalue weighted by Crippen LogP contribution is -2.68. The van der Waals surface area contributed by atoms with Gasteiger partial charge in [-0.15, -0.1) is 0 Å². The third-order valence-corrected chi connectivity index (χ3v) is 16.3. The Morgan fingerprint density at radius 3 is 2.11 bits per heavy atom. The first-order valence-electron chi connectivity index (χ1n) is 18.4. The fraction of sp³-hybridized carbons (Fsp3) is 0.289. The van der Waals surface area contributed by atoms with Crippen molar-refractivity contribution >= 4 is 32.7 Å². The number of rotatable bonds is 12. The molecule has 5 aromatic rings. The molecule has 0 bridgehead atoms. The first kappa shape index (κ1) is 39.1. The monoisotopic (exact) mass is 759 g/mol. The summed E-state index contributed by atoms with van der Waals surface area (Å²) in [4.78, 5) is 17.4. The Balaban J connectivity index is 1.31. The summed E-state index contributed by atoms with van der Waals surface area (Å²) in [5.74, 6) is 5.10. The second-order valence-electron chi connectivity index (χ2n) is 15.1. The first-order valence-corrected chi connectivity index (χ1v) is 21.9. The van der Waals surface area contributed by atoms with E-state index in [-0.39, 0.29) is 30.9 Å². The Labute approximate surface area is 319 Å². The average molecular weight is 760 g/mol. The number of nitrogens with zero attached hydrogens (tertiary/aromatic N) is 1. The number of carboxylic acid groups (broad SMARTS) is 1. The van der Waals surface area contributed by atoms with Crippen molar-refractivity contribution in [2.75, 3.05) is 12.8 Å². The third-order valence-electron chi connectivity index (χ3n) is 10.00. The number of hydrogen-bond donors (Lipinski definition) is 1. The lowest BCUT2D eigenvalue weighted by atomic mass is 9.81. The van der Waals surface area contributed by atoms with Gasteiger partial charge in [-0.2, -0.15) is 0 Å². The molecule has 9 heteroatoms. The van der Waals surface area contributed by atoms with Crippen LogP contribution in [0, 0.1) is 17.7 Å². The van der Waals surface area contributed by atoms with Crippen LogP contribution in [0.5, 0.6) is 0 Å². The first-order chi connectivity index (χ1) is 25.9. The summed E-state index contributed by atoms with van der Waals surface area (Å²) in [5, 5.41) is 11.6. The molecule has 6 rings (SSSR count). The van der Waals surface area contributed by atoms with Gasteiger partial charge in [-0.1, -0.05) is 144 Å². The summed E-state index contributed by atoms with van der Waals surface area (Å²) in [6.07, 6.45) is 0.364. The van der Waals surface area contributed by atoms with E-state index in [0.717, 1.165) is 62.4 Å². The molecule has 0 fully saturated rings. The van der Waals surface area contributed by atoms with Crippen molar-refractivity contribution in [3.05, 3.63) is 137 Å². The number of pyridine rings is 1. The van der Waals surface area contributed by atoms with Gasteiger partial charge in [0.1, 0.15) is 12.4 Å². The van der Waals surface area contributed by atoms with Crippen LogP contribution in [0.2, 0.25) is 5.04 Å². The standard InChI is InChI=1S/C45H47FNO5PSi/c1-31(2)43-39(42(33-22-25-34(46)26-23-33)40-27-24-32-15-12-13-20-38(32)44(40)47-43)21-14-28-51-53(50)30-35(29-41(48)49)52-54(45(3,4)5,36-16-8-6-9-17-36)37-18-10-7-11-19-37/h6-13,15-20,22-23,25-26,31,35,53H,24,27-30H2,1-5H3,(H,48,49)/t35-/m0/s1. The molecule has 0 radical (unpaired) electrons. The number of aromatic nitrogens is 1. The van der Waals surface area contributed by atoms with Gasteiger partial charge in [0.15, 0.2) is 8.03 Å². The number of fused-ring (bicyclic) bond motifs is 3. The van der Waals surface area contributed by atoms with Crippen molar-refractivity contribution in [3.63, 3.8) is 0 Å². The second-order valence-corrected chi connectivity index (χ2v) is 20.8. The fourth-order valence-corrected chi connectivity index (χ4v) is 13.4. The number of halogens is 1. The quantitative estimate of drug-likeness (QED) is 0.0777. The molecule has 1 aromatic heterocycles. The van der Waals surface area contributed by atoms with E-state index in [2.05, 4.69) is 58.6 Å². The molecule has 1 heterocycles. The molecule has 6 nitrogen and oxygen atoms in total. The van der Waals surface area contributed by atoms with Crippen LogP contribution in [-0.2, 0) is 31.2 Å². The molecule has 2 atom stereocenters. The number of aliphatic carboxylic acids is 1. The Hall–Kier alpha value is -4.64. The van der Waals surface area contributed by atoms with Crippen LogP contribution >= 0.6 is 8.03 Å². The van der Waals surface area contributed by atoms with Crippen molar-refractivity contribution in [2.24, 2.45) is 0 Å². The SMILES string of the molecule is CC(C)c1nc2c(c(-c3ccc(F)cc3)c1C#CCO[PH](=O)C[C@H](CC(=O)O)O[Si](c1ccccc1)(c1ccccc1)C(C)(C)C)CCc1ccccc1-2. The zero-order chi connectivity index (χ0) is 38.5. The molecule has 0 saturated carbocycles. The molecular formula is C45H47FNO5PSi. The molecule has 1 unspecified atom stereocenters. The van der Waals surface area contributed by atoms with Gasteiger partial charge in [0.2, 0.25) is 0 Å². The van der Waals surface area contributed by atoms with E-state index in [4.69, 9.17) is 13.9 Å². The van der Waals surface area contributed by atoms with Crippen molar-refractivity contribution < 1.29 is 27.8 Å². The topological polar surface area (TPSA) is 85.7 Å². The Bertz CT molecular complexity index is 2150. The lowest BCUT2D eigenvalue weighted by molar-refractivity contribution is -0.138. The van der Waals surface area contributed by atoms with E-state index in [1.54, 1.807) is 12.1 Å². The van der Waals surface area contributed by atoms with Gasteiger partial charge in [0.25, 0.3) is 8.32 Å². The number of carbonyl (C=O) groups is 1. The van der Waals surface area contributed by atoms with Gasteiger partial charge in [-0.3, -0.25) is 14.3 Å². The summed E-state index contributed by atoms with van der Waals surface area (Å²) < 4.78 is 40.7. The highest BCUT2D eigenvalue weighted by Crippen LogP contribution is 2.42. The number of benzene rings is 4. The highest BCUT2D eigenvalue weighted by Gasteiger charge is 2.51. The Kier molecular flexibility index (Phi) is 12.1. The molecule has 4 aromatic carbocycles. The third kappa shape index (κ3) is 8.36. The fourth-order valence-electron chi connectivity index (χ4n) is 7.59. The van der Waals surface area contributed by atoms with Crippen molar-refractivity contribution in [3.8, 4) is 34.2 Å². The van der Waals surface area contributed by atoms with Crippen molar-refractivity contribution in [1.82, 2.24) is 4.98 Å². The van der Waals surface area contributed by atoms with Crippen molar-refractivity contribution in [1.29, 1.82) is 0 Å². The van der Waals surface area contributed by atoms with Gasteiger partial charge in [0.05, 0.1) is 29.5 Å².